The number of hydrogen-bond donors (Lipinski definition) is 1. The summed E-state index contributed by atoms with van der Waals surface area (Å²) in [5, 5.41) is 13.4. The maximum Gasteiger partial charge on any atom is 0.265 e. The number of nitrogens with zero attached hydrogens (tertiary/aromatic N) is 4. The molecule has 0 amide bonds. The predicted molar refractivity (Wildman–Crippen MR) is 144 cm³/mol. The van der Waals surface area contributed by atoms with Crippen molar-refractivity contribution in [3.8, 4) is 17.5 Å². The third-order valence-electron chi connectivity index (χ3n) is 5.95. The number of imidazole rings is 1. The summed E-state index contributed by atoms with van der Waals surface area (Å²) >= 11 is 2.26. The topological polar surface area (TPSA) is 96.2 Å². The molecule has 0 unspecified atom stereocenters. The molecular weight excluding hydrogens is 553 g/mol. The Balaban J connectivity index is 1.45. The van der Waals surface area contributed by atoms with Crippen LogP contribution in [0.2, 0.25) is 0 Å². The molecule has 0 aliphatic rings. The van der Waals surface area contributed by atoms with Crippen molar-refractivity contribution in [2.45, 2.75) is 6.92 Å². The molecule has 0 radical (unpaired) electrons. The molecule has 168 valence electrons. The predicted octanol–water partition coefficient (Wildman–Crippen LogP) is 5.01. The van der Waals surface area contributed by atoms with E-state index in [1.165, 1.54) is 4.40 Å². The zero-order chi connectivity index (χ0) is 24.1. The average molecular weight is 569 g/mol. The van der Waals surface area contributed by atoms with Crippen LogP contribution in [0.3, 0.4) is 0 Å². The second kappa shape index (κ2) is 8.21. The highest BCUT2D eigenvalue weighted by molar-refractivity contribution is 14.1. The summed E-state index contributed by atoms with van der Waals surface area (Å²) in [6.07, 6.45) is 1.63. The molecule has 35 heavy (non-hydrogen) atoms. The molecule has 0 saturated heterocycles. The Hall–Kier alpha value is -4.23. The third-order valence-corrected chi connectivity index (χ3v) is 6.62. The molecule has 0 aliphatic carbocycles. The van der Waals surface area contributed by atoms with E-state index >= 15 is 0 Å². The minimum absolute atomic E-state index is 0.235. The minimum Gasteiger partial charge on any atom is -0.436 e. The smallest absolute Gasteiger partial charge is 0.265 e. The van der Waals surface area contributed by atoms with Gasteiger partial charge in [-0.05, 0) is 83.6 Å². The Morgan fingerprint density at radius 1 is 1.06 bits per heavy atom. The van der Waals surface area contributed by atoms with Crippen LogP contribution in [0.15, 0.2) is 75.9 Å². The van der Waals surface area contributed by atoms with Gasteiger partial charge in [0.05, 0.1) is 21.8 Å². The molecule has 6 rings (SSSR count). The fourth-order valence-corrected chi connectivity index (χ4v) is 4.75. The summed E-state index contributed by atoms with van der Waals surface area (Å²) in [7, 11) is 0. The van der Waals surface area contributed by atoms with Crippen molar-refractivity contribution >= 4 is 62.3 Å². The van der Waals surface area contributed by atoms with Gasteiger partial charge >= 0.3 is 0 Å². The van der Waals surface area contributed by atoms with Gasteiger partial charge in [0, 0.05) is 21.0 Å². The number of nitrogens with one attached hydrogen (secondary N) is 1. The molecule has 0 aliphatic heterocycles. The largest absolute Gasteiger partial charge is 0.436 e. The van der Waals surface area contributed by atoms with Crippen molar-refractivity contribution in [3.63, 3.8) is 0 Å². The SMILES string of the molecule is Cc1c(C#N)c2nc3ccccc3n2c(=O)/c1=C/Nc1ccc2oc(-c3cccc(I)c3)nc2c1. The number of rotatable bonds is 3. The van der Waals surface area contributed by atoms with Crippen LogP contribution in [0.5, 0.6) is 0 Å². The number of oxazole rings is 1. The number of para-hydroxylation sites is 2. The van der Waals surface area contributed by atoms with Gasteiger partial charge in [0.1, 0.15) is 11.6 Å². The first-order chi connectivity index (χ1) is 17.0. The van der Waals surface area contributed by atoms with E-state index in [1.54, 1.807) is 13.1 Å². The van der Waals surface area contributed by atoms with E-state index in [0.29, 0.717) is 50.0 Å². The van der Waals surface area contributed by atoms with Gasteiger partial charge in [-0.2, -0.15) is 5.26 Å². The van der Waals surface area contributed by atoms with Crippen molar-refractivity contribution in [3.05, 3.63) is 97.0 Å². The summed E-state index contributed by atoms with van der Waals surface area (Å²) in [6.45, 7) is 1.77. The van der Waals surface area contributed by atoms with Crippen LogP contribution in [0.1, 0.15) is 11.1 Å². The molecule has 0 saturated carbocycles. The van der Waals surface area contributed by atoms with Gasteiger partial charge < -0.3 is 9.73 Å². The van der Waals surface area contributed by atoms with Crippen molar-refractivity contribution in [1.82, 2.24) is 14.4 Å². The maximum absolute atomic E-state index is 13.4. The van der Waals surface area contributed by atoms with Gasteiger partial charge in [-0.3, -0.25) is 9.20 Å². The number of benzene rings is 3. The third kappa shape index (κ3) is 3.52. The van der Waals surface area contributed by atoms with Crippen LogP contribution in [0, 0.1) is 21.8 Å². The van der Waals surface area contributed by atoms with Crippen molar-refractivity contribution < 1.29 is 4.42 Å². The van der Waals surface area contributed by atoms with Crippen LogP contribution in [0.4, 0.5) is 5.69 Å². The number of hydrogen-bond acceptors (Lipinski definition) is 6. The van der Waals surface area contributed by atoms with Gasteiger partial charge in [-0.1, -0.05) is 18.2 Å². The van der Waals surface area contributed by atoms with E-state index in [2.05, 4.69) is 43.9 Å². The Morgan fingerprint density at radius 2 is 1.91 bits per heavy atom. The summed E-state index contributed by atoms with van der Waals surface area (Å²) < 4.78 is 8.53. The highest BCUT2D eigenvalue weighted by atomic mass is 127. The summed E-state index contributed by atoms with van der Waals surface area (Å²) in [6, 6.07) is 23.1. The molecular formula is C27H16IN5O2. The Kier molecular flexibility index (Phi) is 5.00. The first-order valence-corrected chi connectivity index (χ1v) is 11.9. The van der Waals surface area contributed by atoms with Gasteiger partial charge in [-0.15, -0.1) is 0 Å². The lowest BCUT2D eigenvalue weighted by molar-refractivity contribution is 0.620. The van der Waals surface area contributed by atoms with Gasteiger partial charge in [0.2, 0.25) is 5.89 Å². The number of aromatic nitrogens is 3. The molecule has 3 aromatic carbocycles. The second-order valence-corrected chi connectivity index (χ2v) is 9.34. The number of halogens is 1. The molecule has 0 spiro atoms. The van der Waals surface area contributed by atoms with Gasteiger partial charge in [-0.25, -0.2) is 9.97 Å². The summed E-state index contributed by atoms with van der Waals surface area (Å²) in [5.74, 6) is 0.549. The highest BCUT2D eigenvalue weighted by Crippen LogP contribution is 2.27. The summed E-state index contributed by atoms with van der Waals surface area (Å²) in [4.78, 5) is 22.6. The zero-order valence-corrected chi connectivity index (χ0v) is 20.6. The molecule has 3 heterocycles. The lowest BCUT2D eigenvalue weighted by atomic mass is 10.1. The zero-order valence-electron chi connectivity index (χ0n) is 18.4. The normalized spacial score (nSPS) is 12.0. The molecule has 6 aromatic rings. The second-order valence-electron chi connectivity index (χ2n) is 8.09. The van der Waals surface area contributed by atoms with Crippen LogP contribution in [-0.4, -0.2) is 14.4 Å². The van der Waals surface area contributed by atoms with E-state index in [4.69, 9.17) is 4.42 Å². The lowest BCUT2D eigenvalue weighted by Crippen LogP contribution is -2.34. The van der Waals surface area contributed by atoms with Crippen LogP contribution in [-0.2, 0) is 0 Å². The van der Waals surface area contributed by atoms with Crippen molar-refractivity contribution in [2.24, 2.45) is 0 Å². The van der Waals surface area contributed by atoms with Gasteiger partial charge in [0.25, 0.3) is 5.56 Å². The minimum atomic E-state index is -0.235. The van der Waals surface area contributed by atoms with Crippen LogP contribution >= 0.6 is 22.6 Å². The molecule has 0 atom stereocenters. The molecule has 0 fully saturated rings. The van der Waals surface area contributed by atoms with Crippen molar-refractivity contribution in [1.29, 1.82) is 5.26 Å². The Labute approximate surface area is 212 Å². The number of pyridine rings is 1. The molecule has 8 heteroatoms. The van der Waals surface area contributed by atoms with Crippen LogP contribution < -0.4 is 16.1 Å². The van der Waals surface area contributed by atoms with Crippen LogP contribution in [0.25, 0.3) is 45.4 Å². The number of anilines is 1. The Morgan fingerprint density at radius 3 is 2.74 bits per heavy atom. The van der Waals surface area contributed by atoms with Gasteiger partial charge in [0.15, 0.2) is 11.2 Å². The van der Waals surface area contributed by atoms with E-state index in [0.717, 1.165) is 14.8 Å². The van der Waals surface area contributed by atoms with E-state index in [1.807, 2.05) is 66.7 Å². The first kappa shape index (κ1) is 21.3. The summed E-state index contributed by atoms with van der Waals surface area (Å²) in [5.41, 5.74) is 5.46. The average Bonchev–Trinajstić information content (AvgIpc) is 3.46. The molecule has 1 N–H and O–H groups in total. The quantitative estimate of drug-likeness (QED) is 0.301. The molecule has 7 nitrogen and oxygen atoms in total. The van der Waals surface area contributed by atoms with E-state index < -0.39 is 0 Å². The van der Waals surface area contributed by atoms with E-state index in [9.17, 15) is 10.1 Å². The Bertz CT molecular complexity index is 1950. The monoisotopic (exact) mass is 569 g/mol. The fraction of sp³-hybridized carbons (Fsp3) is 0.0370. The maximum atomic E-state index is 13.4. The number of fused-ring (bicyclic) bond motifs is 4. The highest BCUT2D eigenvalue weighted by Gasteiger charge is 2.16. The van der Waals surface area contributed by atoms with Crippen molar-refractivity contribution in [2.75, 3.05) is 5.32 Å². The van der Waals surface area contributed by atoms with E-state index in [-0.39, 0.29) is 5.56 Å². The standard InChI is InChI=1S/C27H16IN5O2/c1-15-19(13-29)25-31-21-7-2-3-8-23(21)33(25)27(34)20(15)14-30-18-9-10-24-22(12-18)32-26(35-24)16-5-4-6-17(28)11-16/h2-12,14,30H,1H3/b20-14+. The number of nitriles is 1. The molecule has 3 aromatic heterocycles. The lowest BCUT2D eigenvalue weighted by Gasteiger charge is -2.04. The first-order valence-electron chi connectivity index (χ1n) is 10.8. The fourth-order valence-electron chi connectivity index (χ4n) is 4.20. The molecule has 0 bridgehead atoms.